The highest BCUT2D eigenvalue weighted by Crippen LogP contribution is 2.12. The van der Waals surface area contributed by atoms with E-state index in [9.17, 15) is 17.3 Å². The van der Waals surface area contributed by atoms with Crippen LogP contribution in [0.1, 0.15) is 71.1 Å². The van der Waals surface area contributed by atoms with Crippen molar-refractivity contribution in [2.24, 2.45) is 0 Å². The fraction of sp³-hybridized carbons (Fsp3) is 0.765. The van der Waals surface area contributed by atoms with Crippen molar-refractivity contribution in [2.45, 2.75) is 71.1 Å². The van der Waals surface area contributed by atoms with Crippen molar-refractivity contribution < 1.29 is 17.3 Å². The SMILES string of the molecule is C=CN1C=CN(CCCCCCCCCCCC)C1.F[B-](F)(F)F. The Bertz CT molecular complexity index is 329. The molecule has 7 heteroatoms. The van der Waals surface area contributed by atoms with E-state index in [2.05, 4.69) is 35.7 Å². The second-order valence-electron chi connectivity index (χ2n) is 6.13. The van der Waals surface area contributed by atoms with Gasteiger partial charge in [-0.1, -0.05) is 71.3 Å². The molecule has 0 fully saturated rings. The van der Waals surface area contributed by atoms with Gasteiger partial charge < -0.3 is 27.1 Å². The van der Waals surface area contributed by atoms with E-state index in [4.69, 9.17) is 0 Å². The second-order valence-corrected chi connectivity index (χ2v) is 6.13. The van der Waals surface area contributed by atoms with Crippen LogP contribution in [-0.4, -0.2) is 30.3 Å². The molecule has 0 spiro atoms. The average Bonchev–Trinajstić information content (AvgIpc) is 2.95. The molecule has 1 heterocycles. The van der Waals surface area contributed by atoms with E-state index in [1.54, 1.807) is 0 Å². The van der Waals surface area contributed by atoms with Crippen molar-refractivity contribution in [3.05, 3.63) is 25.2 Å². The van der Waals surface area contributed by atoms with Crippen LogP contribution in [0.15, 0.2) is 25.2 Å². The fourth-order valence-corrected chi connectivity index (χ4v) is 2.55. The smallest absolute Gasteiger partial charge is 0.418 e. The Morgan fingerprint density at radius 3 is 1.75 bits per heavy atom. The van der Waals surface area contributed by atoms with Gasteiger partial charge in [-0.25, -0.2) is 0 Å². The molecule has 1 rings (SSSR count). The van der Waals surface area contributed by atoms with Crippen molar-refractivity contribution in [1.82, 2.24) is 9.80 Å². The molecule has 0 saturated carbocycles. The van der Waals surface area contributed by atoms with E-state index in [0.717, 1.165) is 6.67 Å². The molecule has 0 bridgehead atoms. The lowest BCUT2D eigenvalue weighted by Gasteiger charge is -2.18. The quantitative estimate of drug-likeness (QED) is 0.228. The van der Waals surface area contributed by atoms with Crippen molar-refractivity contribution >= 4 is 7.25 Å². The summed E-state index contributed by atoms with van der Waals surface area (Å²) in [5.74, 6) is 0. The third kappa shape index (κ3) is 17.2. The van der Waals surface area contributed by atoms with E-state index < -0.39 is 7.25 Å². The van der Waals surface area contributed by atoms with Crippen LogP contribution in [0.3, 0.4) is 0 Å². The van der Waals surface area contributed by atoms with E-state index >= 15 is 0 Å². The van der Waals surface area contributed by atoms with Crippen LogP contribution >= 0.6 is 0 Å². The molecular formula is C17H32BF4N2-. The van der Waals surface area contributed by atoms with Crippen molar-refractivity contribution in [1.29, 1.82) is 0 Å². The normalized spacial score (nSPS) is 13.9. The lowest BCUT2D eigenvalue weighted by Crippen LogP contribution is -2.22. The molecule has 2 nitrogen and oxygen atoms in total. The molecule has 24 heavy (non-hydrogen) atoms. The largest absolute Gasteiger partial charge is 0.673 e. The van der Waals surface area contributed by atoms with Gasteiger partial charge in [-0.05, 0) is 12.6 Å². The molecule has 1 aliphatic heterocycles. The van der Waals surface area contributed by atoms with Crippen LogP contribution in [0.2, 0.25) is 0 Å². The Balaban J connectivity index is 0.000000922. The molecule has 0 saturated heterocycles. The Hall–Kier alpha value is -1.14. The zero-order valence-corrected chi connectivity index (χ0v) is 14.9. The maximum absolute atomic E-state index is 9.75. The summed E-state index contributed by atoms with van der Waals surface area (Å²) in [7, 11) is -6.00. The summed E-state index contributed by atoms with van der Waals surface area (Å²) < 4.78 is 39.0. The number of hydrogen-bond donors (Lipinski definition) is 0. The third-order valence-corrected chi connectivity index (χ3v) is 3.85. The van der Waals surface area contributed by atoms with E-state index in [1.807, 2.05) is 6.20 Å². The summed E-state index contributed by atoms with van der Waals surface area (Å²) in [5, 5.41) is 0. The van der Waals surface area contributed by atoms with Gasteiger partial charge in [0.2, 0.25) is 0 Å². The molecule has 0 aliphatic carbocycles. The first-order chi connectivity index (χ1) is 11.4. The summed E-state index contributed by atoms with van der Waals surface area (Å²) in [5.41, 5.74) is 0. The summed E-state index contributed by atoms with van der Waals surface area (Å²) in [6, 6.07) is 0. The van der Waals surface area contributed by atoms with Crippen LogP contribution in [0.5, 0.6) is 0 Å². The second kappa shape index (κ2) is 14.2. The summed E-state index contributed by atoms with van der Waals surface area (Å²) in [6.07, 6.45) is 20.3. The standard InChI is InChI=1S/C17H32N2.BF4/c1-3-5-6-7-8-9-10-11-12-13-14-19-16-15-18(4-2)17-19;2-1(3,4)5/h4,15-16H,2-3,5-14,17H2,1H3;/q;-1. The summed E-state index contributed by atoms with van der Waals surface area (Å²) in [6.45, 7) is 8.24. The average molecular weight is 351 g/mol. The van der Waals surface area contributed by atoms with E-state index in [-0.39, 0.29) is 0 Å². The van der Waals surface area contributed by atoms with Gasteiger partial charge >= 0.3 is 7.25 Å². The van der Waals surface area contributed by atoms with Crippen LogP contribution in [0, 0.1) is 0 Å². The molecule has 1 aliphatic rings. The van der Waals surface area contributed by atoms with Gasteiger partial charge in [-0.3, -0.25) is 0 Å². The first-order valence-corrected chi connectivity index (χ1v) is 9.04. The number of rotatable bonds is 12. The first kappa shape index (κ1) is 22.9. The molecule has 142 valence electrons. The van der Waals surface area contributed by atoms with Crippen LogP contribution < -0.4 is 0 Å². The summed E-state index contributed by atoms with van der Waals surface area (Å²) >= 11 is 0. The number of unbranched alkanes of at least 4 members (excludes halogenated alkanes) is 9. The number of nitrogens with zero attached hydrogens (tertiary/aromatic N) is 2. The molecule has 0 atom stereocenters. The fourth-order valence-electron chi connectivity index (χ4n) is 2.55. The number of hydrogen-bond acceptors (Lipinski definition) is 2. The predicted octanol–water partition coefficient (Wildman–Crippen LogP) is 6.40. The Morgan fingerprint density at radius 1 is 0.875 bits per heavy atom. The van der Waals surface area contributed by atoms with Crippen molar-refractivity contribution in [2.75, 3.05) is 13.2 Å². The summed E-state index contributed by atoms with van der Waals surface area (Å²) in [4.78, 5) is 4.49. The van der Waals surface area contributed by atoms with Crippen LogP contribution in [0.25, 0.3) is 0 Å². The molecule has 0 aromatic rings. The van der Waals surface area contributed by atoms with Crippen molar-refractivity contribution in [3.8, 4) is 0 Å². The predicted molar refractivity (Wildman–Crippen MR) is 94.8 cm³/mol. The molecule has 0 N–H and O–H groups in total. The Kier molecular flexibility index (Phi) is 13.6. The Morgan fingerprint density at radius 2 is 1.33 bits per heavy atom. The van der Waals surface area contributed by atoms with Crippen molar-refractivity contribution in [3.63, 3.8) is 0 Å². The maximum atomic E-state index is 9.75. The zero-order chi connectivity index (χ0) is 18.3. The van der Waals surface area contributed by atoms with E-state index in [1.165, 1.54) is 70.8 Å². The van der Waals surface area contributed by atoms with Gasteiger partial charge in [-0.2, -0.15) is 0 Å². The van der Waals surface area contributed by atoms with Gasteiger partial charge in [-0.15, -0.1) is 0 Å². The highest BCUT2D eigenvalue weighted by molar-refractivity contribution is 6.50. The highest BCUT2D eigenvalue weighted by Gasteiger charge is 2.20. The minimum Gasteiger partial charge on any atom is -0.418 e. The lowest BCUT2D eigenvalue weighted by molar-refractivity contribution is 0.307. The Labute approximate surface area is 144 Å². The molecule has 0 amide bonds. The third-order valence-electron chi connectivity index (χ3n) is 3.85. The monoisotopic (exact) mass is 351 g/mol. The van der Waals surface area contributed by atoms with Gasteiger partial charge in [0.05, 0.1) is 6.67 Å². The lowest BCUT2D eigenvalue weighted by atomic mass is 10.1. The number of halogens is 4. The van der Waals surface area contributed by atoms with Crippen LogP contribution in [0.4, 0.5) is 17.3 Å². The van der Waals surface area contributed by atoms with Gasteiger partial charge in [0.15, 0.2) is 0 Å². The van der Waals surface area contributed by atoms with E-state index in [0.29, 0.717) is 0 Å². The first-order valence-electron chi connectivity index (χ1n) is 9.04. The molecule has 0 aromatic carbocycles. The van der Waals surface area contributed by atoms with Gasteiger partial charge in [0.1, 0.15) is 0 Å². The molecule has 0 aromatic heterocycles. The highest BCUT2D eigenvalue weighted by atomic mass is 19.5. The molecule has 0 unspecified atom stereocenters. The molecular weight excluding hydrogens is 319 g/mol. The van der Waals surface area contributed by atoms with Gasteiger partial charge in [0.25, 0.3) is 0 Å². The zero-order valence-electron chi connectivity index (χ0n) is 14.9. The maximum Gasteiger partial charge on any atom is 0.673 e. The minimum absolute atomic E-state index is 0.987. The minimum atomic E-state index is -6.00. The van der Waals surface area contributed by atoms with Gasteiger partial charge in [0, 0.05) is 18.9 Å². The topological polar surface area (TPSA) is 6.48 Å². The van der Waals surface area contributed by atoms with Crippen LogP contribution in [-0.2, 0) is 0 Å². The molecule has 0 radical (unpaired) electrons.